The zero-order valence-electron chi connectivity index (χ0n) is 13.0. The van der Waals surface area contributed by atoms with E-state index in [9.17, 15) is 0 Å². The van der Waals surface area contributed by atoms with Crippen LogP contribution in [0.3, 0.4) is 0 Å². The Kier molecular flexibility index (Phi) is 5.05. The lowest BCUT2D eigenvalue weighted by molar-refractivity contribution is 0.270. The Labute approximate surface area is 122 Å². The fourth-order valence-electron chi connectivity index (χ4n) is 3.01. The minimum Gasteiger partial charge on any atom is -0.370 e. The van der Waals surface area contributed by atoms with Gasteiger partial charge in [0.15, 0.2) is 5.96 Å². The summed E-state index contributed by atoms with van der Waals surface area (Å²) in [5, 5.41) is 0. The molecule has 0 spiro atoms. The van der Waals surface area contributed by atoms with Crippen LogP contribution in [0.25, 0.3) is 0 Å². The van der Waals surface area contributed by atoms with Crippen LogP contribution in [0.4, 0.5) is 0 Å². The van der Waals surface area contributed by atoms with E-state index in [1.54, 1.807) is 0 Å². The van der Waals surface area contributed by atoms with Crippen molar-refractivity contribution >= 4 is 5.96 Å². The molecule has 1 aliphatic heterocycles. The Morgan fingerprint density at radius 1 is 1.30 bits per heavy atom. The number of nitrogens with zero attached hydrogens (tertiary/aromatic N) is 2. The van der Waals surface area contributed by atoms with E-state index in [0.29, 0.717) is 0 Å². The third kappa shape index (κ3) is 4.26. The standard InChI is InChI=1S/C17H27N3/c1-13-5-4-8-20(12-13)17(18)19-7-6-16-10-14(2)9-15(3)11-16/h9-11,13H,4-8,12H2,1-3H3,(H2,18,19). The summed E-state index contributed by atoms with van der Waals surface area (Å²) in [6.45, 7) is 9.46. The molecule has 1 atom stereocenters. The summed E-state index contributed by atoms with van der Waals surface area (Å²) < 4.78 is 0. The largest absolute Gasteiger partial charge is 0.370 e. The molecule has 1 heterocycles. The van der Waals surface area contributed by atoms with Gasteiger partial charge in [0.2, 0.25) is 0 Å². The predicted molar refractivity (Wildman–Crippen MR) is 86.1 cm³/mol. The summed E-state index contributed by atoms with van der Waals surface area (Å²) in [5.41, 5.74) is 10.1. The zero-order chi connectivity index (χ0) is 14.5. The number of hydrogen-bond acceptors (Lipinski definition) is 1. The van der Waals surface area contributed by atoms with E-state index in [-0.39, 0.29) is 0 Å². The maximum atomic E-state index is 6.11. The van der Waals surface area contributed by atoms with Crippen molar-refractivity contribution < 1.29 is 0 Å². The zero-order valence-corrected chi connectivity index (χ0v) is 13.0. The molecule has 3 nitrogen and oxygen atoms in total. The lowest BCUT2D eigenvalue weighted by Gasteiger charge is -2.31. The molecule has 2 N–H and O–H groups in total. The van der Waals surface area contributed by atoms with Gasteiger partial charge in [-0.1, -0.05) is 36.2 Å². The summed E-state index contributed by atoms with van der Waals surface area (Å²) in [6.07, 6.45) is 3.51. The van der Waals surface area contributed by atoms with Gasteiger partial charge in [0.25, 0.3) is 0 Å². The van der Waals surface area contributed by atoms with Crippen LogP contribution in [0.15, 0.2) is 23.2 Å². The molecule has 2 rings (SSSR count). The number of guanidine groups is 1. The van der Waals surface area contributed by atoms with Crippen molar-refractivity contribution in [2.75, 3.05) is 19.6 Å². The molecule has 0 saturated carbocycles. The monoisotopic (exact) mass is 273 g/mol. The van der Waals surface area contributed by atoms with Crippen LogP contribution in [0.2, 0.25) is 0 Å². The molecule has 20 heavy (non-hydrogen) atoms. The molecule has 1 unspecified atom stereocenters. The van der Waals surface area contributed by atoms with E-state index in [1.807, 2.05) is 0 Å². The van der Waals surface area contributed by atoms with Crippen molar-refractivity contribution in [1.29, 1.82) is 0 Å². The molecule has 1 saturated heterocycles. The first-order valence-corrected chi connectivity index (χ1v) is 7.66. The Balaban J connectivity index is 1.88. The van der Waals surface area contributed by atoms with Crippen molar-refractivity contribution in [2.45, 2.75) is 40.0 Å². The fraction of sp³-hybridized carbons (Fsp3) is 0.588. The highest BCUT2D eigenvalue weighted by atomic mass is 15.3. The quantitative estimate of drug-likeness (QED) is 0.679. The number of benzene rings is 1. The number of aliphatic imine (C=N–C) groups is 1. The second-order valence-corrected chi connectivity index (χ2v) is 6.18. The van der Waals surface area contributed by atoms with Crippen molar-refractivity contribution in [3.05, 3.63) is 34.9 Å². The second kappa shape index (κ2) is 6.78. The third-order valence-electron chi connectivity index (χ3n) is 3.94. The number of hydrogen-bond donors (Lipinski definition) is 1. The molecule has 1 aromatic rings. The van der Waals surface area contributed by atoms with Crippen molar-refractivity contribution in [2.24, 2.45) is 16.6 Å². The first kappa shape index (κ1) is 14.9. The van der Waals surface area contributed by atoms with E-state index in [0.717, 1.165) is 37.9 Å². The van der Waals surface area contributed by atoms with Gasteiger partial charge in [0, 0.05) is 19.6 Å². The van der Waals surface area contributed by atoms with Gasteiger partial charge in [-0.15, -0.1) is 0 Å². The van der Waals surface area contributed by atoms with Crippen LogP contribution in [0.5, 0.6) is 0 Å². The van der Waals surface area contributed by atoms with Gasteiger partial charge in [-0.3, -0.25) is 4.99 Å². The maximum absolute atomic E-state index is 6.11. The van der Waals surface area contributed by atoms with Gasteiger partial charge in [0.1, 0.15) is 0 Å². The Morgan fingerprint density at radius 3 is 2.65 bits per heavy atom. The average Bonchev–Trinajstić information content (AvgIpc) is 2.37. The van der Waals surface area contributed by atoms with Crippen LogP contribution in [-0.2, 0) is 6.42 Å². The highest BCUT2D eigenvalue weighted by Crippen LogP contribution is 2.15. The summed E-state index contributed by atoms with van der Waals surface area (Å²) in [4.78, 5) is 6.79. The number of likely N-dealkylation sites (tertiary alicyclic amines) is 1. The molecular formula is C17H27N3. The fourth-order valence-corrected chi connectivity index (χ4v) is 3.01. The van der Waals surface area contributed by atoms with Crippen molar-refractivity contribution in [3.8, 4) is 0 Å². The number of piperidine rings is 1. The highest BCUT2D eigenvalue weighted by molar-refractivity contribution is 5.78. The minimum atomic E-state index is 0.723. The summed E-state index contributed by atoms with van der Waals surface area (Å²) in [6, 6.07) is 6.68. The molecule has 110 valence electrons. The smallest absolute Gasteiger partial charge is 0.191 e. The summed E-state index contributed by atoms with van der Waals surface area (Å²) >= 11 is 0. The van der Waals surface area contributed by atoms with Gasteiger partial charge >= 0.3 is 0 Å². The van der Waals surface area contributed by atoms with Gasteiger partial charge in [-0.25, -0.2) is 0 Å². The predicted octanol–water partition coefficient (Wildman–Crippen LogP) is 2.89. The Bertz CT molecular complexity index is 459. The van der Waals surface area contributed by atoms with E-state index in [4.69, 9.17) is 5.73 Å². The van der Waals surface area contributed by atoms with Crippen molar-refractivity contribution in [3.63, 3.8) is 0 Å². The van der Waals surface area contributed by atoms with Crippen LogP contribution in [0, 0.1) is 19.8 Å². The van der Waals surface area contributed by atoms with Crippen LogP contribution in [0.1, 0.15) is 36.5 Å². The molecular weight excluding hydrogens is 246 g/mol. The van der Waals surface area contributed by atoms with Crippen molar-refractivity contribution in [1.82, 2.24) is 4.90 Å². The van der Waals surface area contributed by atoms with Crippen LogP contribution in [-0.4, -0.2) is 30.5 Å². The Morgan fingerprint density at radius 2 is 2.00 bits per heavy atom. The normalized spacial score (nSPS) is 20.2. The van der Waals surface area contributed by atoms with E-state index < -0.39 is 0 Å². The molecule has 0 aromatic heterocycles. The van der Waals surface area contributed by atoms with E-state index in [1.165, 1.54) is 29.5 Å². The molecule has 0 amide bonds. The van der Waals surface area contributed by atoms with Gasteiger partial charge in [-0.2, -0.15) is 0 Å². The van der Waals surface area contributed by atoms with Gasteiger partial charge in [0.05, 0.1) is 0 Å². The summed E-state index contributed by atoms with van der Waals surface area (Å²) in [7, 11) is 0. The number of rotatable bonds is 3. The first-order valence-electron chi connectivity index (χ1n) is 7.66. The lowest BCUT2D eigenvalue weighted by atomic mass is 10.0. The van der Waals surface area contributed by atoms with Gasteiger partial charge < -0.3 is 10.6 Å². The Hall–Kier alpha value is -1.51. The molecule has 1 aromatic carbocycles. The van der Waals surface area contributed by atoms with E-state index in [2.05, 4.69) is 48.9 Å². The molecule has 0 radical (unpaired) electrons. The minimum absolute atomic E-state index is 0.723. The topological polar surface area (TPSA) is 41.6 Å². The lowest BCUT2D eigenvalue weighted by Crippen LogP contribution is -2.43. The molecule has 0 aliphatic carbocycles. The maximum Gasteiger partial charge on any atom is 0.191 e. The number of aryl methyl sites for hydroxylation is 2. The molecule has 1 aliphatic rings. The molecule has 0 bridgehead atoms. The SMILES string of the molecule is Cc1cc(C)cc(CCN=C(N)N2CCCC(C)C2)c1. The number of nitrogens with two attached hydrogens (primary N) is 1. The first-order chi connectivity index (χ1) is 9.54. The highest BCUT2D eigenvalue weighted by Gasteiger charge is 2.17. The summed E-state index contributed by atoms with van der Waals surface area (Å²) in [5.74, 6) is 1.46. The second-order valence-electron chi connectivity index (χ2n) is 6.18. The van der Waals surface area contributed by atoms with E-state index >= 15 is 0 Å². The molecule has 3 heteroatoms. The van der Waals surface area contributed by atoms with Crippen LogP contribution < -0.4 is 5.73 Å². The average molecular weight is 273 g/mol. The third-order valence-corrected chi connectivity index (χ3v) is 3.94. The van der Waals surface area contributed by atoms with Gasteiger partial charge in [-0.05, 0) is 44.6 Å². The van der Waals surface area contributed by atoms with Crippen LogP contribution >= 0.6 is 0 Å². The molecule has 1 fully saturated rings.